The second-order valence-electron chi connectivity index (χ2n) is 11.2. The van der Waals surface area contributed by atoms with Crippen molar-refractivity contribution in [1.29, 1.82) is 0 Å². The minimum absolute atomic E-state index is 0.0127. The van der Waals surface area contributed by atoms with E-state index in [1.807, 2.05) is 0 Å². The second-order valence-corrected chi connectivity index (χ2v) is 14.6. The zero-order valence-corrected chi connectivity index (χ0v) is 27.2. The Bertz CT molecular complexity index is 1680. The van der Waals surface area contributed by atoms with Gasteiger partial charge in [-0.05, 0) is 39.3 Å². The molecule has 4 rings (SSSR count). The molecule has 0 bridgehead atoms. The van der Waals surface area contributed by atoms with Gasteiger partial charge in [-0.25, -0.2) is 22.2 Å². The molecule has 1 fully saturated rings. The van der Waals surface area contributed by atoms with Crippen molar-refractivity contribution in [2.24, 2.45) is 5.41 Å². The van der Waals surface area contributed by atoms with Crippen molar-refractivity contribution in [3.63, 3.8) is 0 Å². The van der Waals surface area contributed by atoms with E-state index >= 15 is 0 Å². The molecule has 1 atom stereocenters. The van der Waals surface area contributed by atoms with E-state index in [2.05, 4.69) is 15.1 Å². The number of carboxylic acid groups (broad SMARTS) is 1. The molecule has 248 valence electrons. The molecule has 0 aliphatic carbocycles. The van der Waals surface area contributed by atoms with Gasteiger partial charge < -0.3 is 9.63 Å². The molecular formula is C26H28Cl2F5N5O5S2. The van der Waals surface area contributed by atoms with E-state index in [1.165, 1.54) is 31.7 Å². The van der Waals surface area contributed by atoms with Crippen molar-refractivity contribution in [3.05, 3.63) is 33.8 Å². The Morgan fingerprint density at radius 1 is 1.22 bits per heavy atom. The van der Waals surface area contributed by atoms with Crippen LogP contribution in [0.3, 0.4) is 0 Å². The van der Waals surface area contributed by atoms with E-state index in [9.17, 15) is 40.3 Å². The molecule has 0 spiro atoms. The SMILES string of the molecule is CC[C@H](NS(=O)(=O)c1ccc(-c2sc(-c3noc(CC(C)(C)C(=O)O)n3)nc2CN2CCCC(F)(F)C2)c(Cl)c1Cl)C(F)(F)F. The fourth-order valence-corrected chi connectivity index (χ4v) is 7.83. The van der Waals surface area contributed by atoms with Crippen LogP contribution in [0.1, 0.15) is 51.6 Å². The van der Waals surface area contributed by atoms with Gasteiger partial charge in [-0.2, -0.15) is 22.9 Å². The van der Waals surface area contributed by atoms with E-state index in [-0.39, 0.29) is 58.8 Å². The Morgan fingerprint density at radius 2 is 1.91 bits per heavy atom. The van der Waals surface area contributed by atoms with Gasteiger partial charge in [-0.3, -0.25) is 9.69 Å². The number of carbonyl (C=O) groups is 1. The maximum Gasteiger partial charge on any atom is 0.404 e. The molecular weight excluding hydrogens is 692 g/mol. The molecule has 1 aliphatic heterocycles. The number of aliphatic carboxylic acids is 1. The van der Waals surface area contributed by atoms with Crippen LogP contribution in [-0.4, -0.2) is 70.7 Å². The van der Waals surface area contributed by atoms with E-state index < -0.39 is 62.4 Å². The zero-order valence-electron chi connectivity index (χ0n) is 24.0. The summed E-state index contributed by atoms with van der Waals surface area (Å²) in [5.74, 6) is -4.02. The van der Waals surface area contributed by atoms with Gasteiger partial charge in [-0.15, -0.1) is 11.3 Å². The van der Waals surface area contributed by atoms with E-state index in [4.69, 9.17) is 27.7 Å². The Labute approximate surface area is 269 Å². The van der Waals surface area contributed by atoms with E-state index in [1.54, 1.807) is 4.72 Å². The molecule has 2 N–H and O–H groups in total. The Morgan fingerprint density at radius 3 is 2.51 bits per heavy atom. The average Bonchev–Trinajstić information content (AvgIpc) is 3.54. The number of sulfonamides is 1. The first-order chi connectivity index (χ1) is 20.7. The molecule has 19 heteroatoms. The van der Waals surface area contributed by atoms with E-state index in [0.717, 1.165) is 17.4 Å². The first kappa shape index (κ1) is 35.4. The summed E-state index contributed by atoms with van der Waals surface area (Å²) in [6.07, 6.45) is -5.55. The van der Waals surface area contributed by atoms with Crippen molar-refractivity contribution in [3.8, 4) is 21.3 Å². The molecule has 0 amide bonds. The fraction of sp³-hybridized carbons (Fsp3) is 0.538. The maximum atomic E-state index is 14.2. The number of rotatable bonds is 11. The molecule has 3 heterocycles. The number of carboxylic acids is 1. The molecule has 0 radical (unpaired) electrons. The van der Waals surface area contributed by atoms with Gasteiger partial charge in [0, 0.05) is 24.9 Å². The van der Waals surface area contributed by atoms with Crippen molar-refractivity contribution in [2.75, 3.05) is 13.1 Å². The van der Waals surface area contributed by atoms with Crippen LogP contribution in [0, 0.1) is 5.41 Å². The van der Waals surface area contributed by atoms with Crippen LogP contribution >= 0.6 is 34.5 Å². The number of hydrogen-bond acceptors (Lipinski definition) is 9. The smallest absolute Gasteiger partial charge is 0.404 e. The summed E-state index contributed by atoms with van der Waals surface area (Å²) in [6.45, 7) is 3.85. The summed E-state index contributed by atoms with van der Waals surface area (Å²) in [6, 6.07) is -0.135. The number of nitrogens with one attached hydrogen (secondary N) is 1. The average molecular weight is 721 g/mol. The molecule has 1 saturated heterocycles. The van der Waals surface area contributed by atoms with Crippen LogP contribution in [0.2, 0.25) is 10.0 Å². The van der Waals surface area contributed by atoms with Crippen LogP contribution in [0.25, 0.3) is 21.3 Å². The number of benzene rings is 1. The molecule has 0 unspecified atom stereocenters. The molecule has 10 nitrogen and oxygen atoms in total. The van der Waals surface area contributed by atoms with Crippen LogP contribution in [0.4, 0.5) is 22.0 Å². The van der Waals surface area contributed by atoms with Gasteiger partial charge in [-0.1, -0.05) is 41.3 Å². The van der Waals surface area contributed by atoms with Gasteiger partial charge in [0.2, 0.25) is 21.7 Å². The third-order valence-electron chi connectivity index (χ3n) is 7.06. The van der Waals surface area contributed by atoms with Crippen molar-refractivity contribution in [1.82, 2.24) is 24.7 Å². The Hall–Kier alpha value is -2.44. The maximum absolute atomic E-state index is 14.2. The lowest BCUT2D eigenvalue weighted by Gasteiger charge is -2.32. The lowest BCUT2D eigenvalue weighted by atomic mass is 9.90. The second kappa shape index (κ2) is 13.0. The minimum Gasteiger partial charge on any atom is -0.481 e. The molecule has 3 aromatic rings. The van der Waals surface area contributed by atoms with Gasteiger partial charge >= 0.3 is 12.1 Å². The number of aromatic nitrogens is 3. The first-order valence-electron chi connectivity index (χ1n) is 13.5. The monoisotopic (exact) mass is 719 g/mol. The summed E-state index contributed by atoms with van der Waals surface area (Å²) < 4.78 is 101. The number of hydrogen-bond donors (Lipinski definition) is 2. The van der Waals surface area contributed by atoms with Crippen LogP contribution in [-0.2, 0) is 27.8 Å². The summed E-state index contributed by atoms with van der Waals surface area (Å²) in [5.41, 5.74) is -0.831. The summed E-state index contributed by atoms with van der Waals surface area (Å²) in [7, 11) is -4.77. The predicted octanol–water partition coefficient (Wildman–Crippen LogP) is 6.67. The third-order valence-corrected chi connectivity index (χ3v) is 10.7. The van der Waals surface area contributed by atoms with Crippen LogP contribution < -0.4 is 4.72 Å². The predicted molar refractivity (Wildman–Crippen MR) is 156 cm³/mol. The molecule has 0 saturated carbocycles. The highest BCUT2D eigenvalue weighted by Gasteiger charge is 2.42. The van der Waals surface area contributed by atoms with Gasteiger partial charge in [0.15, 0.2) is 5.01 Å². The normalized spacial score (nSPS) is 17.0. The summed E-state index contributed by atoms with van der Waals surface area (Å²) >= 11 is 13.8. The number of nitrogens with zero attached hydrogens (tertiary/aromatic N) is 4. The lowest BCUT2D eigenvalue weighted by molar-refractivity contribution is -0.151. The number of piperidine rings is 1. The number of thiazole rings is 1. The largest absolute Gasteiger partial charge is 0.481 e. The Kier molecular flexibility index (Phi) is 10.2. The van der Waals surface area contributed by atoms with Crippen molar-refractivity contribution >= 4 is 50.5 Å². The number of likely N-dealkylation sites (tertiary alicyclic amines) is 1. The Balaban J connectivity index is 1.75. The zero-order chi connectivity index (χ0) is 33.5. The molecule has 2 aromatic heterocycles. The van der Waals surface area contributed by atoms with Gasteiger partial charge in [0.25, 0.3) is 5.92 Å². The molecule has 1 aliphatic rings. The van der Waals surface area contributed by atoms with Crippen LogP contribution in [0.5, 0.6) is 0 Å². The van der Waals surface area contributed by atoms with Gasteiger partial charge in [0.1, 0.15) is 10.9 Å². The third kappa shape index (κ3) is 8.11. The highest BCUT2D eigenvalue weighted by molar-refractivity contribution is 7.89. The fourth-order valence-electron chi connectivity index (χ4n) is 4.57. The number of halogens is 7. The lowest BCUT2D eigenvalue weighted by Crippen LogP contribution is -2.44. The van der Waals surface area contributed by atoms with Gasteiger partial charge in [0.05, 0.1) is 32.6 Å². The standard InChI is InChI=1S/C26H28Cl2F5N5O5S2/c1-4-16(26(31,32)33)37-45(41,42)15-7-6-13(18(27)19(15)28)20-14(11-38-9-5-8-25(29,30)12-38)34-22(44-20)21-35-17(43-36-21)10-24(2,3)23(39)40/h6-7,16,37H,4-5,8-12H2,1-3H3,(H,39,40)/t16-/m0/s1. The van der Waals surface area contributed by atoms with E-state index in [0.29, 0.717) is 11.4 Å². The van der Waals surface area contributed by atoms with Crippen molar-refractivity contribution in [2.45, 2.75) is 76.0 Å². The number of alkyl halides is 5. The molecule has 45 heavy (non-hydrogen) atoms. The first-order valence-corrected chi connectivity index (χ1v) is 16.5. The minimum atomic E-state index is -4.85. The highest BCUT2D eigenvalue weighted by atomic mass is 35.5. The van der Waals surface area contributed by atoms with Crippen LogP contribution in [0.15, 0.2) is 21.6 Å². The summed E-state index contributed by atoms with van der Waals surface area (Å²) in [4.78, 5) is 21.4. The molecule has 1 aromatic carbocycles. The van der Waals surface area contributed by atoms with Crippen molar-refractivity contribution < 1.29 is 44.8 Å². The summed E-state index contributed by atoms with van der Waals surface area (Å²) in [5, 5.41) is 12.6. The quantitative estimate of drug-likeness (QED) is 0.208. The highest BCUT2D eigenvalue weighted by Crippen LogP contribution is 2.44. The topological polar surface area (TPSA) is 139 Å².